The maximum Gasteiger partial charge on any atom is 0.274 e. The Morgan fingerprint density at radius 3 is 2.79 bits per heavy atom. The first-order chi connectivity index (χ1) is 6.65. The zero-order valence-electron chi connectivity index (χ0n) is 8.19. The summed E-state index contributed by atoms with van der Waals surface area (Å²) in [7, 11) is 1.84. The Bertz CT molecular complexity index is 537. The first-order valence-corrected chi connectivity index (χ1v) is 4.53. The Hall–Kier alpha value is -1.71. The molecule has 0 fully saturated rings. The molecule has 0 unspecified atom stereocenters. The molecule has 1 heterocycles. The summed E-state index contributed by atoms with van der Waals surface area (Å²) in [6.07, 6.45) is 0. The van der Waals surface area contributed by atoms with Gasteiger partial charge in [-0.1, -0.05) is 0 Å². The number of aromatic nitrogens is 2. The van der Waals surface area contributed by atoms with Crippen LogP contribution in [-0.4, -0.2) is 14.5 Å². The molecular formula is C10H12N2O2. The van der Waals surface area contributed by atoms with E-state index in [4.69, 9.17) is 0 Å². The van der Waals surface area contributed by atoms with Crippen molar-refractivity contribution in [3.05, 3.63) is 28.6 Å². The predicted octanol–water partition coefficient (Wildman–Crippen LogP) is 1.07. The van der Waals surface area contributed by atoms with Gasteiger partial charge in [-0.25, -0.2) is 0 Å². The summed E-state index contributed by atoms with van der Waals surface area (Å²) in [4.78, 5) is 11.8. The van der Waals surface area contributed by atoms with Crippen LogP contribution in [0.4, 0.5) is 0 Å². The van der Waals surface area contributed by atoms with Crippen molar-refractivity contribution in [2.75, 3.05) is 0 Å². The van der Waals surface area contributed by atoms with E-state index in [-0.39, 0.29) is 11.3 Å². The summed E-state index contributed by atoms with van der Waals surface area (Å²) < 4.78 is 3.43. The lowest BCUT2D eigenvalue weighted by molar-refractivity contribution is 0.476. The van der Waals surface area contributed by atoms with E-state index in [0.717, 1.165) is 5.52 Å². The van der Waals surface area contributed by atoms with E-state index >= 15 is 0 Å². The average Bonchev–Trinajstić information content (AvgIpc) is 2.39. The standard InChI is InChI=1S/C10H12N2O2/c1-3-12-10(14)8-6-7(13)4-5-9(8)11(12)2/h4-6,13H,3H2,1-2H3. The first-order valence-electron chi connectivity index (χ1n) is 4.53. The number of aryl methyl sites for hydroxylation is 1. The number of fused-ring (bicyclic) bond motifs is 1. The topological polar surface area (TPSA) is 47.2 Å². The highest BCUT2D eigenvalue weighted by atomic mass is 16.3. The van der Waals surface area contributed by atoms with E-state index in [9.17, 15) is 9.90 Å². The molecule has 0 radical (unpaired) electrons. The van der Waals surface area contributed by atoms with Crippen LogP contribution in [0, 0.1) is 0 Å². The summed E-state index contributed by atoms with van der Waals surface area (Å²) in [6.45, 7) is 2.55. The van der Waals surface area contributed by atoms with Gasteiger partial charge in [-0.3, -0.25) is 14.2 Å². The van der Waals surface area contributed by atoms with Gasteiger partial charge < -0.3 is 5.11 Å². The third-order valence-corrected chi connectivity index (χ3v) is 2.46. The summed E-state index contributed by atoms with van der Waals surface area (Å²) in [5.41, 5.74) is 0.788. The van der Waals surface area contributed by atoms with E-state index in [1.54, 1.807) is 21.5 Å². The van der Waals surface area contributed by atoms with Crippen LogP contribution >= 0.6 is 0 Å². The summed E-state index contributed by atoms with van der Waals surface area (Å²) in [6, 6.07) is 4.84. The normalized spacial score (nSPS) is 11.0. The number of hydrogen-bond donors (Lipinski definition) is 1. The molecule has 0 saturated carbocycles. The van der Waals surface area contributed by atoms with Crippen LogP contribution in [0.5, 0.6) is 5.75 Å². The van der Waals surface area contributed by atoms with Gasteiger partial charge in [0.25, 0.3) is 5.56 Å². The minimum absolute atomic E-state index is 0.0547. The summed E-state index contributed by atoms with van der Waals surface area (Å²) >= 11 is 0. The minimum Gasteiger partial charge on any atom is -0.508 e. The molecule has 0 aliphatic carbocycles. The van der Waals surface area contributed by atoms with E-state index in [1.807, 2.05) is 14.0 Å². The largest absolute Gasteiger partial charge is 0.508 e. The van der Waals surface area contributed by atoms with E-state index in [0.29, 0.717) is 11.9 Å². The molecule has 4 nitrogen and oxygen atoms in total. The van der Waals surface area contributed by atoms with Crippen molar-refractivity contribution in [1.82, 2.24) is 9.36 Å². The Kier molecular flexibility index (Phi) is 1.84. The number of benzene rings is 1. The predicted molar refractivity (Wildman–Crippen MR) is 54.5 cm³/mol. The summed E-state index contributed by atoms with van der Waals surface area (Å²) in [5, 5.41) is 9.83. The zero-order valence-corrected chi connectivity index (χ0v) is 8.19. The molecule has 74 valence electrons. The molecule has 1 aromatic heterocycles. The van der Waals surface area contributed by atoms with Crippen LogP contribution in [0.1, 0.15) is 6.92 Å². The van der Waals surface area contributed by atoms with Gasteiger partial charge in [0.05, 0.1) is 10.9 Å². The van der Waals surface area contributed by atoms with Gasteiger partial charge in [0.15, 0.2) is 0 Å². The van der Waals surface area contributed by atoms with Gasteiger partial charge in [-0.05, 0) is 25.1 Å². The molecule has 0 aliphatic rings. The molecular weight excluding hydrogens is 180 g/mol. The fraction of sp³-hybridized carbons (Fsp3) is 0.300. The monoisotopic (exact) mass is 192 g/mol. The van der Waals surface area contributed by atoms with E-state index in [1.165, 1.54) is 6.07 Å². The maximum absolute atomic E-state index is 11.8. The van der Waals surface area contributed by atoms with Crippen molar-refractivity contribution in [3.8, 4) is 5.75 Å². The van der Waals surface area contributed by atoms with Crippen LogP contribution in [0.3, 0.4) is 0 Å². The van der Waals surface area contributed by atoms with E-state index in [2.05, 4.69) is 0 Å². The molecule has 14 heavy (non-hydrogen) atoms. The Labute approximate surface area is 81.0 Å². The molecule has 2 aromatic rings. The molecule has 1 aromatic carbocycles. The minimum atomic E-state index is -0.0547. The van der Waals surface area contributed by atoms with Crippen LogP contribution in [0.15, 0.2) is 23.0 Å². The Morgan fingerprint density at radius 1 is 1.43 bits per heavy atom. The van der Waals surface area contributed by atoms with Crippen molar-refractivity contribution < 1.29 is 5.11 Å². The quantitative estimate of drug-likeness (QED) is 0.734. The number of rotatable bonds is 1. The van der Waals surface area contributed by atoms with Crippen molar-refractivity contribution in [3.63, 3.8) is 0 Å². The van der Waals surface area contributed by atoms with Gasteiger partial charge in [-0.15, -0.1) is 0 Å². The molecule has 2 rings (SSSR count). The Balaban J connectivity index is 2.95. The number of nitrogens with zero attached hydrogens (tertiary/aromatic N) is 2. The molecule has 0 aliphatic heterocycles. The van der Waals surface area contributed by atoms with Gasteiger partial charge in [0.1, 0.15) is 5.75 Å². The molecule has 0 bridgehead atoms. The lowest BCUT2D eigenvalue weighted by atomic mass is 10.2. The molecule has 1 N–H and O–H groups in total. The van der Waals surface area contributed by atoms with Crippen LogP contribution in [0.2, 0.25) is 0 Å². The number of phenolic OH excluding ortho intramolecular Hbond substituents is 1. The number of phenols is 1. The van der Waals surface area contributed by atoms with Crippen molar-refractivity contribution in [1.29, 1.82) is 0 Å². The molecule has 4 heteroatoms. The average molecular weight is 192 g/mol. The highest BCUT2D eigenvalue weighted by Crippen LogP contribution is 2.16. The lowest BCUT2D eigenvalue weighted by Crippen LogP contribution is -2.19. The van der Waals surface area contributed by atoms with Crippen molar-refractivity contribution >= 4 is 10.9 Å². The van der Waals surface area contributed by atoms with Gasteiger partial charge >= 0.3 is 0 Å². The van der Waals surface area contributed by atoms with Crippen LogP contribution < -0.4 is 5.56 Å². The van der Waals surface area contributed by atoms with Crippen LogP contribution in [-0.2, 0) is 13.6 Å². The first kappa shape index (κ1) is 8.87. The number of aromatic hydroxyl groups is 1. The molecule has 0 spiro atoms. The SMILES string of the molecule is CCn1c(=O)c2cc(O)ccc2n1C. The highest BCUT2D eigenvalue weighted by Gasteiger charge is 2.08. The third-order valence-electron chi connectivity index (χ3n) is 2.46. The second-order valence-electron chi connectivity index (χ2n) is 3.25. The highest BCUT2D eigenvalue weighted by molar-refractivity contribution is 5.80. The zero-order chi connectivity index (χ0) is 10.3. The second-order valence-corrected chi connectivity index (χ2v) is 3.25. The molecule has 0 amide bonds. The molecule has 0 saturated heterocycles. The number of hydrogen-bond acceptors (Lipinski definition) is 2. The van der Waals surface area contributed by atoms with Gasteiger partial charge in [-0.2, -0.15) is 0 Å². The third kappa shape index (κ3) is 1.04. The second kappa shape index (κ2) is 2.90. The van der Waals surface area contributed by atoms with Crippen molar-refractivity contribution in [2.45, 2.75) is 13.5 Å². The summed E-state index contributed by atoms with van der Waals surface area (Å²) in [5.74, 6) is 0.128. The fourth-order valence-electron chi connectivity index (χ4n) is 1.74. The van der Waals surface area contributed by atoms with Crippen LogP contribution in [0.25, 0.3) is 10.9 Å². The lowest BCUT2D eigenvalue weighted by Gasteiger charge is -2.02. The molecule has 0 atom stereocenters. The fourth-order valence-corrected chi connectivity index (χ4v) is 1.74. The Morgan fingerprint density at radius 2 is 2.14 bits per heavy atom. The van der Waals surface area contributed by atoms with Crippen molar-refractivity contribution in [2.24, 2.45) is 7.05 Å². The van der Waals surface area contributed by atoms with E-state index < -0.39 is 0 Å². The van der Waals surface area contributed by atoms with Gasteiger partial charge in [0.2, 0.25) is 0 Å². The maximum atomic E-state index is 11.8. The van der Waals surface area contributed by atoms with Gasteiger partial charge in [0, 0.05) is 13.6 Å². The smallest absolute Gasteiger partial charge is 0.274 e.